The highest BCUT2D eigenvalue weighted by Crippen LogP contribution is 2.26. The van der Waals surface area contributed by atoms with Gasteiger partial charge in [0, 0.05) is 52.3 Å². The second kappa shape index (κ2) is 8.70. The van der Waals surface area contributed by atoms with Crippen molar-refractivity contribution in [3.63, 3.8) is 0 Å². The summed E-state index contributed by atoms with van der Waals surface area (Å²) in [5.74, 6) is -0.430. The number of fused-ring (bicyclic) bond motifs is 1. The van der Waals surface area contributed by atoms with E-state index in [0.29, 0.717) is 13.1 Å². The molecule has 2 atom stereocenters. The summed E-state index contributed by atoms with van der Waals surface area (Å²) < 4.78 is 5.55. The summed E-state index contributed by atoms with van der Waals surface area (Å²) >= 11 is 0. The summed E-state index contributed by atoms with van der Waals surface area (Å²) in [5, 5.41) is 9.31. The molecule has 1 N–H and O–H groups in total. The molecule has 4 heterocycles. The zero-order chi connectivity index (χ0) is 22.1. The molecule has 10 nitrogen and oxygen atoms in total. The number of hydrogen-bond donors (Lipinski definition) is 1. The number of aromatic nitrogens is 1. The van der Waals surface area contributed by atoms with Gasteiger partial charge in [0.05, 0.1) is 13.1 Å². The Bertz CT molecular complexity index is 848. The van der Waals surface area contributed by atoms with Gasteiger partial charge in [-0.25, -0.2) is 14.6 Å². The molecule has 31 heavy (non-hydrogen) atoms. The Morgan fingerprint density at radius 1 is 1.13 bits per heavy atom. The van der Waals surface area contributed by atoms with Gasteiger partial charge in [0.1, 0.15) is 18.0 Å². The Kier molecular flexibility index (Phi) is 5.99. The van der Waals surface area contributed by atoms with E-state index in [2.05, 4.69) is 27.9 Å². The first-order valence-corrected chi connectivity index (χ1v) is 10.7. The lowest BCUT2D eigenvalue weighted by Gasteiger charge is -2.34. The monoisotopic (exact) mass is 431 g/mol. The summed E-state index contributed by atoms with van der Waals surface area (Å²) in [6.07, 6.45) is 1.58. The van der Waals surface area contributed by atoms with Crippen molar-refractivity contribution >= 4 is 23.8 Å². The third-order valence-electron chi connectivity index (χ3n) is 6.39. The molecule has 2 saturated heterocycles. The largest absolute Gasteiger partial charge is 0.480 e. The fraction of sp³-hybridized carbons (Fsp3) is 0.619. The number of anilines is 1. The number of likely N-dealkylation sites (N-methyl/N-ethyl adjacent to an activating group) is 1. The van der Waals surface area contributed by atoms with Gasteiger partial charge in [-0.1, -0.05) is 0 Å². The second-order valence-electron chi connectivity index (χ2n) is 8.54. The minimum Gasteiger partial charge on any atom is -0.480 e. The third-order valence-corrected chi connectivity index (χ3v) is 6.39. The highest BCUT2D eigenvalue weighted by Gasteiger charge is 2.40. The van der Waals surface area contributed by atoms with E-state index in [-0.39, 0.29) is 18.9 Å². The average molecular weight is 431 g/mol. The summed E-state index contributed by atoms with van der Waals surface area (Å²) in [4.78, 5) is 47.8. The van der Waals surface area contributed by atoms with Crippen LogP contribution in [0.15, 0.2) is 12.3 Å². The number of ether oxygens (including phenoxy) is 1. The maximum Gasteiger partial charge on any atom is 0.410 e. The number of carbonyl (C=O) groups excluding carboxylic acids is 2. The van der Waals surface area contributed by atoms with E-state index >= 15 is 0 Å². The van der Waals surface area contributed by atoms with Crippen LogP contribution in [-0.2, 0) is 27.3 Å². The van der Waals surface area contributed by atoms with E-state index in [4.69, 9.17) is 4.74 Å². The number of piperazine rings is 1. The first-order valence-electron chi connectivity index (χ1n) is 10.7. The summed E-state index contributed by atoms with van der Waals surface area (Å²) in [5.41, 5.74) is 2.20. The van der Waals surface area contributed by atoms with Gasteiger partial charge in [-0.3, -0.25) is 4.79 Å². The van der Waals surface area contributed by atoms with Crippen LogP contribution in [0.25, 0.3) is 0 Å². The van der Waals surface area contributed by atoms with Gasteiger partial charge in [-0.15, -0.1) is 0 Å². The Morgan fingerprint density at radius 2 is 1.87 bits per heavy atom. The molecule has 0 bridgehead atoms. The number of pyridine rings is 1. The Hall–Kier alpha value is -2.88. The highest BCUT2D eigenvalue weighted by molar-refractivity contribution is 5.83. The van der Waals surface area contributed by atoms with Crippen molar-refractivity contribution in [1.82, 2.24) is 19.7 Å². The zero-order valence-corrected chi connectivity index (χ0v) is 18.0. The van der Waals surface area contributed by atoms with Crippen LogP contribution in [0.5, 0.6) is 0 Å². The van der Waals surface area contributed by atoms with Crippen LogP contribution < -0.4 is 4.90 Å². The summed E-state index contributed by atoms with van der Waals surface area (Å²) in [6.45, 7) is 6.32. The molecular weight excluding hydrogens is 402 g/mol. The molecule has 1 aromatic rings. The molecular formula is C21H29N5O5. The quantitative estimate of drug-likeness (QED) is 0.733. The van der Waals surface area contributed by atoms with Gasteiger partial charge in [-0.05, 0) is 30.7 Å². The molecule has 10 heteroatoms. The van der Waals surface area contributed by atoms with Crippen molar-refractivity contribution in [2.24, 2.45) is 0 Å². The van der Waals surface area contributed by atoms with E-state index in [9.17, 15) is 19.5 Å². The van der Waals surface area contributed by atoms with Gasteiger partial charge in [0.2, 0.25) is 5.91 Å². The van der Waals surface area contributed by atoms with Gasteiger partial charge in [-0.2, -0.15) is 0 Å². The topological polar surface area (TPSA) is 107 Å². The van der Waals surface area contributed by atoms with Gasteiger partial charge >= 0.3 is 12.1 Å². The first-order chi connectivity index (χ1) is 14.8. The maximum absolute atomic E-state index is 12.7. The molecule has 3 aliphatic rings. The van der Waals surface area contributed by atoms with Crippen LogP contribution in [0.3, 0.4) is 0 Å². The Labute approximate surface area is 181 Å². The van der Waals surface area contributed by atoms with Crippen molar-refractivity contribution in [1.29, 1.82) is 0 Å². The SMILES string of the molecule is CC(=O)N1CC(OC(=O)N2CCc3cc(N4CCN(C)CC4)ncc3C2)C[C@H]1C(=O)O. The fourth-order valence-electron chi connectivity index (χ4n) is 4.47. The van der Waals surface area contributed by atoms with Gasteiger partial charge < -0.3 is 29.4 Å². The molecule has 2 fully saturated rings. The number of carboxylic acid groups (broad SMARTS) is 1. The van der Waals surface area contributed by atoms with E-state index in [1.165, 1.54) is 17.4 Å². The summed E-state index contributed by atoms with van der Waals surface area (Å²) in [7, 11) is 2.12. The zero-order valence-electron chi connectivity index (χ0n) is 18.0. The maximum atomic E-state index is 12.7. The first kappa shape index (κ1) is 21.4. The molecule has 0 aliphatic carbocycles. The molecule has 0 spiro atoms. The van der Waals surface area contributed by atoms with Crippen molar-refractivity contribution in [2.45, 2.75) is 38.5 Å². The molecule has 2 amide bonds. The molecule has 1 unspecified atom stereocenters. The number of nitrogens with zero attached hydrogens (tertiary/aromatic N) is 5. The van der Waals surface area contributed by atoms with Crippen molar-refractivity contribution in [2.75, 3.05) is 51.2 Å². The Morgan fingerprint density at radius 3 is 2.52 bits per heavy atom. The van der Waals surface area contributed by atoms with Crippen molar-refractivity contribution in [3.8, 4) is 0 Å². The number of hydrogen-bond acceptors (Lipinski definition) is 7. The molecule has 0 aromatic carbocycles. The summed E-state index contributed by atoms with van der Waals surface area (Å²) in [6, 6.07) is 1.18. The second-order valence-corrected chi connectivity index (χ2v) is 8.54. The number of aliphatic carboxylic acids is 1. The lowest BCUT2D eigenvalue weighted by atomic mass is 10.0. The van der Waals surface area contributed by atoms with Crippen LogP contribution in [-0.4, -0.2) is 101 Å². The number of likely N-dealkylation sites (tertiary alicyclic amines) is 1. The minimum absolute atomic E-state index is 0.110. The van der Waals surface area contributed by atoms with Crippen molar-refractivity contribution < 1.29 is 24.2 Å². The lowest BCUT2D eigenvalue weighted by Crippen LogP contribution is -2.45. The number of carbonyl (C=O) groups is 3. The standard InChI is InChI=1S/C21H29N5O5/c1-14(27)26-13-17(10-18(26)20(28)29)31-21(30)25-4-3-15-9-19(22-11-16(15)12-25)24-7-5-23(2)6-8-24/h9,11,17-18H,3-8,10,12-13H2,1-2H3,(H,28,29)/t17?,18-/m0/s1. The fourth-order valence-corrected chi connectivity index (χ4v) is 4.47. The molecule has 168 valence electrons. The Balaban J connectivity index is 1.36. The van der Waals surface area contributed by atoms with E-state index in [1.54, 1.807) is 4.90 Å². The number of amides is 2. The molecule has 0 saturated carbocycles. The van der Waals surface area contributed by atoms with E-state index in [1.807, 2.05) is 6.20 Å². The molecule has 3 aliphatic heterocycles. The van der Waals surface area contributed by atoms with Gasteiger partial charge in [0.25, 0.3) is 0 Å². The van der Waals surface area contributed by atoms with Crippen LogP contribution in [0, 0.1) is 0 Å². The molecule has 4 rings (SSSR count). The molecule has 0 radical (unpaired) electrons. The van der Waals surface area contributed by atoms with Crippen LogP contribution in [0.2, 0.25) is 0 Å². The minimum atomic E-state index is -1.08. The van der Waals surface area contributed by atoms with Crippen LogP contribution in [0.4, 0.5) is 10.6 Å². The predicted octanol–water partition coefficient (Wildman–Crippen LogP) is 0.402. The predicted molar refractivity (Wildman–Crippen MR) is 112 cm³/mol. The average Bonchev–Trinajstić information content (AvgIpc) is 3.18. The van der Waals surface area contributed by atoms with Crippen LogP contribution >= 0.6 is 0 Å². The van der Waals surface area contributed by atoms with Gasteiger partial charge in [0.15, 0.2) is 0 Å². The normalized spacial score (nSPS) is 24.1. The molecule has 1 aromatic heterocycles. The smallest absolute Gasteiger partial charge is 0.410 e. The third kappa shape index (κ3) is 4.58. The van der Waals surface area contributed by atoms with Crippen molar-refractivity contribution in [3.05, 3.63) is 23.4 Å². The number of carboxylic acids is 1. The lowest BCUT2D eigenvalue weighted by molar-refractivity contribution is -0.147. The van der Waals surface area contributed by atoms with E-state index < -0.39 is 24.2 Å². The number of rotatable bonds is 3. The van der Waals surface area contributed by atoms with E-state index in [0.717, 1.165) is 44.0 Å². The highest BCUT2D eigenvalue weighted by atomic mass is 16.6. The van der Waals surface area contributed by atoms with Crippen LogP contribution in [0.1, 0.15) is 24.5 Å².